The van der Waals surface area contributed by atoms with Crippen LogP contribution in [0, 0.1) is 6.92 Å². The van der Waals surface area contributed by atoms with Crippen LogP contribution in [0.25, 0.3) is 10.9 Å². The molecule has 0 spiro atoms. The highest BCUT2D eigenvalue weighted by molar-refractivity contribution is 6.31. The van der Waals surface area contributed by atoms with Crippen molar-refractivity contribution in [2.24, 2.45) is 0 Å². The molecule has 1 atom stereocenters. The van der Waals surface area contributed by atoms with Crippen LogP contribution in [0.1, 0.15) is 35.6 Å². The van der Waals surface area contributed by atoms with Crippen molar-refractivity contribution < 1.29 is 0 Å². The second kappa shape index (κ2) is 11.1. The van der Waals surface area contributed by atoms with Crippen molar-refractivity contribution in [2.75, 3.05) is 25.0 Å². The van der Waals surface area contributed by atoms with Crippen LogP contribution in [0.4, 0.5) is 5.69 Å². The van der Waals surface area contributed by atoms with E-state index in [0.717, 1.165) is 54.8 Å². The number of nitrogens with zero attached hydrogens (tertiary/aromatic N) is 2. The molecule has 32 heavy (non-hydrogen) atoms. The Kier molecular flexibility index (Phi) is 7.70. The molecule has 2 aromatic carbocycles. The van der Waals surface area contributed by atoms with Crippen molar-refractivity contribution in [1.82, 2.24) is 15.3 Å². The average Bonchev–Trinajstić information content (AvgIpc) is 2.82. The topological polar surface area (TPSA) is 49.8 Å². The van der Waals surface area contributed by atoms with Gasteiger partial charge in [0.05, 0.1) is 5.52 Å². The molecule has 0 saturated carbocycles. The number of hydrogen-bond donors (Lipinski definition) is 2. The van der Waals surface area contributed by atoms with E-state index in [9.17, 15) is 0 Å². The van der Waals surface area contributed by atoms with Gasteiger partial charge in [-0.15, -0.1) is 0 Å². The lowest BCUT2D eigenvalue weighted by Crippen LogP contribution is -2.21. The zero-order valence-corrected chi connectivity index (χ0v) is 19.1. The van der Waals surface area contributed by atoms with E-state index in [0.29, 0.717) is 10.9 Å². The number of anilines is 1. The lowest BCUT2D eigenvalue weighted by molar-refractivity contribution is 0.595. The van der Waals surface area contributed by atoms with Crippen LogP contribution in [-0.4, -0.2) is 29.6 Å². The van der Waals surface area contributed by atoms with E-state index in [1.165, 1.54) is 11.1 Å². The zero-order chi connectivity index (χ0) is 22.2. The molecule has 0 bridgehead atoms. The molecule has 0 saturated heterocycles. The van der Waals surface area contributed by atoms with Crippen LogP contribution in [0.2, 0.25) is 5.02 Å². The van der Waals surface area contributed by atoms with Gasteiger partial charge in [-0.2, -0.15) is 0 Å². The third kappa shape index (κ3) is 5.84. The molecule has 0 amide bonds. The Morgan fingerprint density at radius 2 is 1.75 bits per heavy atom. The average molecular weight is 445 g/mol. The quantitative estimate of drug-likeness (QED) is 0.286. The number of benzene rings is 2. The molecule has 4 nitrogen and oxygen atoms in total. The predicted molar refractivity (Wildman–Crippen MR) is 135 cm³/mol. The van der Waals surface area contributed by atoms with Gasteiger partial charge in [0.25, 0.3) is 0 Å². The minimum atomic E-state index is 0.303. The first-order chi connectivity index (χ1) is 15.7. The summed E-state index contributed by atoms with van der Waals surface area (Å²) in [4.78, 5) is 9.02. The first-order valence-corrected chi connectivity index (χ1v) is 11.5. The molecule has 4 aromatic rings. The summed E-state index contributed by atoms with van der Waals surface area (Å²) in [6, 6.07) is 22.8. The van der Waals surface area contributed by atoms with Crippen molar-refractivity contribution in [1.29, 1.82) is 0 Å². The lowest BCUT2D eigenvalue weighted by atomic mass is 9.91. The van der Waals surface area contributed by atoms with Crippen molar-refractivity contribution in [3.8, 4) is 0 Å². The summed E-state index contributed by atoms with van der Waals surface area (Å²) >= 11 is 6.08. The second-order valence-corrected chi connectivity index (χ2v) is 8.49. The molecule has 2 aromatic heterocycles. The van der Waals surface area contributed by atoms with E-state index in [2.05, 4.69) is 63.9 Å². The molecule has 2 heterocycles. The van der Waals surface area contributed by atoms with Crippen molar-refractivity contribution >= 4 is 28.2 Å². The number of pyridine rings is 2. The van der Waals surface area contributed by atoms with Gasteiger partial charge in [-0.1, -0.05) is 47.5 Å². The molecule has 0 aliphatic heterocycles. The monoisotopic (exact) mass is 444 g/mol. The number of aromatic nitrogens is 2. The smallest absolute Gasteiger partial charge is 0.0737 e. The molecule has 1 unspecified atom stereocenters. The maximum atomic E-state index is 6.08. The fraction of sp³-hybridized carbons (Fsp3) is 0.259. The normalized spacial score (nSPS) is 12.1. The fourth-order valence-corrected chi connectivity index (χ4v) is 4.12. The number of hydrogen-bond acceptors (Lipinski definition) is 4. The van der Waals surface area contributed by atoms with E-state index in [1.54, 1.807) is 0 Å². The van der Waals surface area contributed by atoms with Crippen LogP contribution < -0.4 is 10.6 Å². The minimum absolute atomic E-state index is 0.303. The van der Waals surface area contributed by atoms with Gasteiger partial charge < -0.3 is 10.6 Å². The Morgan fingerprint density at radius 3 is 2.56 bits per heavy atom. The third-order valence-electron chi connectivity index (χ3n) is 5.68. The highest BCUT2D eigenvalue weighted by atomic mass is 35.5. The molecule has 5 heteroatoms. The summed E-state index contributed by atoms with van der Waals surface area (Å²) in [5.41, 5.74) is 5.75. The number of nitrogens with one attached hydrogen (secondary N) is 2. The van der Waals surface area contributed by atoms with Gasteiger partial charge in [0.15, 0.2) is 0 Å². The number of halogens is 1. The largest absolute Gasteiger partial charge is 0.384 e. The van der Waals surface area contributed by atoms with Gasteiger partial charge >= 0.3 is 0 Å². The SMILES string of the molecule is Cc1ccc(C(CCNCCCNc2ccnc3cc(Cl)ccc23)c2ccccn2)cc1. The van der Waals surface area contributed by atoms with Gasteiger partial charge in [0, 0.05) is 46.6 Å². The standard InChI is InChI=1S/C27H29ClN4/c1-20-6-8-21(9-7-20)23(25-5-2-3-15-30-25)12-17-29-14-4-16-31-26-13-18-32-27-19-22(28)10-11-24(26)27/h2-3,5-11,13,15,18-19,23,29H,4,12,14,16-17H2,1H3,(H,31,32). The molecule has 164 valence electrons. The van der Waals surface area contributed by atoms with E-state index in [1.807, 2.05) is 42.7 Å². The van der Waals surface area contributed by atoms with Gasteiger partial charge in [-0.25, -0.2) is 0 Å². The van der Waals surface area contributed by atoms with Crippen LogP contribution in [0.5, 0.6) is 0 Å². The summed E-state index contributed by atoms with van der Waals surface area (Å²) in [5, 5.41) is 8.94. The van der Waals surface area contributed by atoms with Gasteiger partial charge in [-0.3, -0.25) is 9.97 Å². The maximum absolute atomic E-state index is 6.08. The Labute approximate surface area is 195 Å². The number of rotatable bonds is 10. The van der Waals surface area contributed by atoms with Crippen molar-refractivity contribution in [2.45, 2.75) is 25.7 Å². The van der Waals surface area contributed by atoms with Crippen LogP contribution in [-0.2, 0) is 0 Å². The van der Waals surface area contributed by atoms with Gasteiger partial charge in [0.2, 0.25) is 0 Å². The van der Waals surface area contributed by atoms with E-state index in [-0.39, 0.29) is 0 Å². The Balaban J connectivity index is 1.26. The summed E-state index contributed by atoms with van der Waals surface area (Å²) in [6.07, 6.45) is 5.76. The molecule has 0 fully saturated rings. The van der Waals surface area contributed by atoms with Gasteiger partial charge in [0.1, 0.15) is 0 Å². The van der Waals surface area contributed by atoms with E-state index in [4.69, 9.17) is 11.6 Å². The summed E-state index contributed by atoms with van der Waals surface area (Å²) < 4.78 is 0. The molecule has 4 rings (SSSR count). The van der Waals surface area contributed by atoms with E-state index < -0.39 is 0 Å². The van der Waals surface area contributed by atoms with E-state index >= 15 is 0 Å². The molecular formula is C27H29ClN4. The van der Waals surface area contributed by atoms with Crippen LogP contribution >= 0.6 is 11.6 Å². The molecule has 2 N–H and O–H groups in total. The van der Waals surface area contributed by atoms with Crippen LogP contribution in [0.15, 0.2) is 79.1 Å². The third-order valence-corrected chi connectivity index (χ3v) is 5.92. The van der Waals surface area contributed by atoms with Crippen LogP contribution in [0.3, 0.4) is 0 Å². The Hall–Kier alpha value is -2.95. The summed E-state index contributed by atoms with van der Waals surface area (Å²) in [7, 11) is 0. The van der Waals surface area contributed by atoms with Crippen molar-refractivity contribution in [3.05, 3.63) is 101 Å². The predicted octanol–water partition coefficient (Wildman–Crippen LogP) is 6.21. The van der Waals surface area contributed by atoms with Crippen molar-refractivity contribution in [3.63, 3.8) is 0 Å². The minimum Gasteiger partial charge on any atom is -0.384 e. The highest BCUT2D eigenvalue weighted by Crippen LogP contribution is 2.26. The zero-order valence-electron chi connectivity index (χ0n) is 18.4. The lowest BCUT2D eigenvalue weighted by Gasteiger charge is -2.18. The molecule has 0 aliphatic carbocycles. The first kappa shape index (κ1) is 22.3. The first-order valence-electron chi connectivity index (χ1n) is 11.2. The fourth-order valence-electron chi connectivity index (χ4n) is 3.95. The highest BCUT2D eigenvalue weighted by Gasteiger charge is 2.14. The van der Waals surface area contributed by atoms with Gasteiger partial charge in [-0.05, 0) is 74.8 Å². The number of aryl methyl sites for hydroxylation is 1. The summed E-state index contributed by atoms with van der Waals surface area (Å²) in [5.74, 6) is 0.303. The molecular weight excluding hydrogens is 416 g/mol. The maximum Gasteiger partial charge on any atom is 0.0737 e. The summed E-state index contributed by atoms with van der Waals surface area (Å²) in [6.45, 7) is 4.94. The molecule has 0 radical (unpaired) electrons. The Morgan fingerprint density at radius 1 is 0.875 bits per heavy atom. The molecule has 0 aliphatic rings. The second-order valence-electron chi connectivity index (χ2n) is 8.06. The number of fused-ring (bicyclic) bond motifs is 1. The Bertz CT molecular complexity index is 1130.